The van der Waals surface area contributed by atoms with Gasteiger partial charge in [-0.2, -0.15) is 0 Å². The zero-order valence-electron chi connectivity index (χ0n) is 17.7. The molecule has 1 aromatic rings. The van der Waals surface area contributed by atoms with Crippen LogP contribution in [0.15, 0.2) is 24.3 Å². The first-order valence-electron chi connectivity index (χ1n) is 10.6. The van der Waals surface area contributed by atoms with Crippen molar-refractivity contribution in [1.29, 1.82) is 0 Å². The minimum atomic E-state index is -0.202. The summed E-state index contributed by atoms with van der Waals surface area (Å²) in [5.41, 5.74) is 0. The number of hydrogen-bond acceptors (Lipinski definition) is 5. The molecule has 158 valence electrons. The predicted octanol–water partition coefficient (Wildman–Crippen LogP) is 5.84. The molecule has 0 amide bonds. The predicted molar refractivity (Wildman–Crippen MR) is 111 cm³/mol. The lowest BCUT2D eigenvalue weighted by molar-refractivity contribution is -0.144. The van der Waals surface area contributed by atoms with E-state index in [2.05, 4.69) is 6.92 Å². The highest BCUT2D eigenvalue weighted by Crippen LogP contribution is 2.19. The Hall–Kier alpha value is -2.04. The summed E-state index contributed by atoms with van der Waals surface area (Å²) in [5.74, 6) is 1.03. The molecule has 0 saturated heterocycles. The highest BCUT2D eigenvalue weighted by Gasteiger charge is 2.06. The van der Waals surface area contributed by atoms with Crippen LogP contribution < -0.4 is 9.47 Å². The summed E-state index contributed by atoms with van der Waals surface area (Å²) >= 11 is 0. The normalized spacial score (nSPS) is 10.7. The van der Waals surface area contributed by atoms with Crippen molar-refractivity contribution in [3.8, 4) is 11.5 Å². The number of esters is 2. The SMILES string of the molecule is CCCCOC(=O)CCCCCCCCC(=O)Oc1ccc(OC(C)C)cc1. The van der Waals surface area contributed by atoms with E-state index in [9.17, 15) is 9.59 Å². The average Bonchev–Trinajstić information content (AvgIpc) is 2.65. The lowest BCUT2D eigenvalue weighted by atomic mass is 10.1. The number of carbonyl (C=O) groups excluding carboxylic acids is 2. The molecule has 0 aliphatic carbocycles. The van der Waals surface area contributed by atoms with Gasteiger partial charge in [-0.1, -0.05) is 39.0 Å². The van der Waals surface area contributed by atoms with E-state index >= 15 is 0 Å². The molecule has 1 rings (SSSR count). The van der Waals surface area contributed by atoms with Crippen LogP contribution in [0.2, 0.25) is 0 Å². The van der Waals surface area contributed by atoms with Gasteiger partial charge in [0.15, 0.2) is 0 Å². The van der Waals surface area contributed by atoms with E-state index in [4.69, 9.17) is 14.2 Å². The largest absolute Gasteiger partial charge is 0.491 e. The molecule has 0 aliphatic rings. The van der Waals surface area contributed by atoms with Gasteiger partial charge in [-0.15, -0.1) is 0 Å². The zero-order valence-corrected chi connectivity index (χ0v) is 17.7. The van der Waals surface area contributed by atoms with Gasteiger partial charge in [-0.25, -0.2) is 0 Å². The third kappa shape index (κ3) is 12.4. The molecule has 0 saturated carbocycles. The van der Waals surface area contributed by atoms with Crippen LogP contribution >= 0.6 is 0 Å². The number of benzene rings is 1. The molecule has 1 aromatic carbocycles. The molecule has 0 spiro atoms. The molecule has 0 aromatic heterocycles. The van der Waals surface area contributed by atoms with E-state index in [0.29, 0.717) is 25.2 Å². The molecule has 5 heteroatoms. The van der Waals surface area contributed by atoms with Crippen LogP contribution in [0, 0.1) is 0 Å². The highest BCUT2D eigenvalue weighted by molar-refractivity contribution is 5.72. The van der Waals surface area contributed by atoms with Crippen LogP contribution in [0.4, 0.5) is 0 Å². The molecule has 0 bridgehead atoms. The molecule has 0 unspecified atom stereocenters. The van der Waals surface area contributed by atoms with E-state index in [1.165, 1.54) is 0 Å². The summed E-state index contributed by atoms with van der Waals surface area (Å²) in [7, 11) is 0. The summed E-state index contributed by atoms with van der Waals surface area (Å²) in [4.78, 5) is 23.4. The quantitative estimate of drug-likeness (QED) is 0.213. The number of ether oxygens (including phenoxy) is 3. The van der Waals surface area contributed by atoms with E-state index in [1.54, 1.807) is 12.1 Å². The Bertz CT molecular complexity index is 551. The molecule has 0 fully saturated rings. The Morgan fingerprint density at radius 2 is 1.32 bits per heavy atom. The Morgan fingerprint density at radius 3 is 1.89 bits per heavy atom. The maximum absolute atomic E-state index is 11.9. The lowest BCUT2D eigenvalue weighted by Crippen LogP contribution is -2.08. The van der Waals surface area contributed by atoms with Crippen LogP contribution in [-0.2, 0) is 14.3 Å². The summed E-state index contributed by atoms with van der Waals surface area (Å²) in [6.45, 7) is 6.56. The molecule has 28 heavy (non-hydrogen) atoms. The van der Waals surface area contributed by atoms with Gasteiger partial charge in [-0.05, 0) is 57.4 Å². The standard InChI is InChI=1S/C23H36O5/c1-4-5-18-26-22(24)12-10-8-6-7-9-11-13-23(25)28-21-16-14-20(15-17-21)27-19(2)3/h14-17,19H,4-13,18H2,1-3H3. The third-order valence-electron chi connectivity index (χ3n) is 4.20. The Balaban J connectivity index is 2.01. The van der Waals surface area contributed by atoms with E-state index in [1.807, 2.05) is 26.0 Å². The number of unbranched alkanes of at least 4 members (excludes halogenated alkanes) is 6. The van der Waals surface area contributed by atoms with Crippen LogP contribution in [0.3, 0.4) is 0 Å². The topological polar surface area (TPSA) is 61.8 Å². The van der Waals surface area contributed by atoms with Crippen molar-refractivity contribution in [2.45, 2.75) is 91.1 Å². The van der Waals surface area contributed by atoms with Crippen molar-refractivity contribution < 1.29 is 23.8 Å². The van der Waals surface area contributed by atoms with Crippen LogP contribution in [0.25, 0.3) is 0 Å². The first-order chi connectivity index (χ1) is 13.5. The van der Waals surface area contributed by atoms with Crippen molar-refractivity contribution in [3.63, 3.8) is 0 Å². The Labute approximate surface area is 169 Å². The van der Waals surface area contributed by atoms with Gasteiger partial charge in [-0.3, -0.25) is 9.59 Å². The third-order valence-corrected chi connectivity index (χ3v) is 4.20. The van der Waals surface area contributed by atoms with Gasteiger partial charge in [0, 0.05) is 12.8 Å². The lowest BCUT2D eigenvalue weighted by Gasteiger charge is -2.10. The van der Waals surface area contributed by atoms with Crippen LogP contribution in [-0.4, -0.2) is 24.6 Å². The minimum Gasteiger partial charge on any atom is -0.491 e. The summed E-state index contributed by atoms with van der Waals surface area (Å²) in [5, 5.41) is 0. The maximum Gasteiger partial charge on any atom is 0.311 e. The molecule has 0 radical (unpaired) electrons. The van der Waals surface area contributed by atoms with Gasteiger partial charge in [0.1, 0.15) is 11.5 Å². The summed E-state index contributed by atoms with van der Waals surface area (Å²) in [6.07, 6.45) is 8.91. The fraction of sp³-hybridized carbons (Fsp3) is 0.652. The minimum absolute atomic E-state index is 0.0833. The fourth-order valence-corrected chi connectivity index (χ4v) is 2.69. The Morgan fingerprint density at radius 1 is 0.786 bits per heavy atom. The van der Waals surface area contributed by atoms with Crippen molar-refractivity contribution in [2.24, 2.45) is 0 Å². The van der Waals surface area contributed by atoms with Gasteiger partial charge >= 0.3 is 11.9 Å². The average molecular weight is 393 g/mol. The van der Waals surface area contributed by atoms with Crippen molar-refractivity contribution >= 4 is 11.9 Å². The van der Waals surface area contributed by atoms with E-state index in [0.717, 1.165) is 57.1 Å². The second-order valence-electron chi connectivity index (χ2n) is 7.31. The number of carbonyl (C=O) groups is 2. The molecule has 5 nitrogen and oxygen atoms in total. The molecule has 0 N–H and O–H groups in total. The number of rotatable bonds is 15. The van der Waals surface area contributed by atoms with E-state index < -0.39 is 0 Å². The van der Waals surface area contributed by atoms with Gasteiger partial charge < -0.3 is 14.2 Å². The summed E-state index contributed by atoms with van der Waals surface area (Å²) in [6, 6.07) is 7.12. The fourth-order valence-electron chi connectivity index (χ4n) is 2.69. The first-order valence-corrected chi connectivity index (χ1v) is 10.6. The Kier molecular flexibility index (Phi) is 12.8. The van der Waals surface area contributed by atoms with Crippen molar-refractivity contribution in [1.82, 2.24) is 0 Å². The summed E-state index contributed by atoms with van der Waals surface area (Å²) < 4.78 is 16.0. The molecule has 0 aliphatic heterocycles. The van der Waals surface area contributed by atoms with E-state index in [-0.39, 0.29) is 18.0 Å². The first kappa shape index (κ1) is 24.0. The second kappa shape index (κ2) is 14.9. The maximum atomic E-state index is 11.9. The van der Waals surface area contributed by atoms with Crippen LogP contribution in [0.5, 0.6) is 11.5 Å². The smallest absolute Gasteiger partial charge is 0.311 e. The molecule has 0 atom stereocenters. The van der Waals surface area contributed by atoms with Gasteiger partial charge in [0.25, 0.3) is 0 Å². The van der Waals surface area contributed by atoms with Crippen LogP contribution in [0.1, 0.15) is 85.0 Å². The van der Waals surface area contributed by atoms with Gasteiger partial charge in [0.05, 0.1) is 12.7 Å². The number of hydrogen-bond donors (Lipinski definition) is 0. The monoisotopic (exact) mass is 392 g/mol. The van der Waals surface area contributed by atoms with Crippen molar-refractivity contribution in [3.05, 3.63) is 24.3 Å². The molecular formula is C23H36O5. The second-order valence-corrected chi connectivity index (χ2v) is 7.31. The van der Waals surface area contributed by atoms with Gasteiger partial charge in [0.2, 0.25) is 0 Å². The van der Waals surface area contributed by atoms with Crippen molar-refractivity contribution in [2.75, 3.05) is 6.61 Å². The molecular weight excluding hydrogens is 356 g/mol. The molecule has 0 heterocycles. The zero-order chi connectivity index (χ0) is 20.6. The highest BCUT2D eigenvalue weighted by atomic mass is 16.5.